The van der Waals surface area contributed by atoms with Gasteiger partial charge in [-0.1, -0.05) is 11.8 Å². The van der Waals surface area contributed by atoms with E-state index in [9.17, 15) is 0 Å². The molecule has 0 fully saturated rings. The van der Waals surface area contributed by atoms with Crippen LogP contribution in [0, 0.1) is 0 Å². The Labute approximate surface area is 91.3 Å². The Morgan fingerprint density at radius 1 is 1.54 bits per heavy atom. The quantitative estimate of drug-likeness (QED) is 0.875. The van der Waals surface area contributed by atoms with Gasteiger partial charge in [0, 0.05) is 0 Å². The second-order valence-electron chi connectivity index (χ2n) is 2.14. The van der Waals surface area contributed by atoms with Crippen LogP contribution in [0.4, 0.5) is 0 Å². The highest BCUT2D eigenvalue weighted by Crippen LogP contribution is 2.24. The molecule has 7 heteroatoms. The zero-order valence-electron chi connectivity index (χ0n) is 6.40. The third kappa shape index (κ3) is 2.52. The summed E-state index contributed by atoms with van der Waals surface area (Å²) in [5, 5.41) is 8.44. The van der Waals surface area contributed by atoms with Crippen LogP contribution in [0.1, 0.15) is 5.01 Å². The maximum absolute atomic E-state index is 4.20. The van der Waals surface area contributed by atoms with Crippen molar-refractivity contribution in [2.24, 2.45) is 0 Å². The molecule has 0 spiro atoms. The molecule has 13 heavy (non-hydrogen) atoms. The molecule has 4 nitrogen and oxygen atoms in total. The lowest BCUT2D eigenvalue weighted by Gasteiger charge is -1.90. The minimum Gasteiger partial charge on any atom is -0.254 e. The van der Waals surface area contributed by atoms with Gasteiger partial charge in [-0.05, 0) is 15.9 Å². The minimum atomic E-state index is 0.825. The minimum absolute atomic E-state index is 0.825. The maximum atomic E-state index is 4.20. The smallest absolute Gasteiger partial charge is 0.183 e. The summed E-state index contributed by atoms with van der Waals surface area (Å²) in [6, 6.07) is 0. The van der Waals surface area contributed by atoms with Crippen LogP contribution < -0.4 is 0 Å². The fourth-order valence-electron chi connectivity index (χ4n) is 0.749. The molecule has 2 heterocycles. The van der Waals surface area contributed by atoms with Crippen molar-refractivity contribution in [3.8, 4) is 0 Å². The van der Waals surface area contributed by atoms with Crippen LogP contribution in [-0.2, 0) is 5.75 Å². The van der Waals surface area contributed by atoms with E-state index >= 15 is 0 Å². The van der Waals surface area contributed by atoms with Crippen molar-refractivity contribution in [1.82, 2.24) is 20.2 Å². The molecule has 0 unspecified atom stereocenters. The number of rotatable bonds is 3. The van der Waals surface area contributed by atoms with Gasteiger partial charge in [0.1, 0.15) is 11.3 Å². The molecule has 0 saturated heterocycles. The number of aromatic amines is 1. The molecule has 0 saturated carbocycles. The van der Waals surface area contributed by atoms with Gasteiger partial charge < -0.3 is 0 Å². The van der Waals surface area contributed by atoms with E-state index in [1.165, 1.54) is 6.33 Å². The van der Waals surface area contributed by atoms with Crippen molar-refractivity contribution in [2.45, 2.75) is 10.9 Å². The van der Waals surface area contributed by atoms with Crippen LogP contribution in [0.5, 0.6) is 0 Å². The summed E-state index contributed by atoms with van der Waals surface area (Å²) in [5.74, 6) is 0.825. The molecule has 2 rings (SSSR count). The number of hydrogen-bond acceptors (Lipinski definition) is 5. The number of hydrogen-bond donors (Lipinski definition) is 1. The molecule has 1 N–H and O–H groups in total. The lowest BCUT2D eigenvalue weighted by molar-refractivity contribution is 0.972. The van der Waals surface area contributed by atoms with Crippen LogP contribution in [0.2, 0.25) is 0 Å². The molecule has 2 aromatic rings. The highest BCUT2D eigenvalue weighted by Gasteiger charge is 2.02. The van der Waals surface area contributed by atoms with Crippen molar-refractivity contribution < 1.29 is 0 Å². The van der Waals surface area contributed by atoms with Crippen molar-refractivity contribution in [2.75, 3.05) is 0 Å². The van der Waals surface area contributed by atoms with Crippen LogP contribution in [0.15, 0.2) is 21.5 Å². The van der Waals surface area contributed by atoms with E-state index in [-0.39, 0.29) is 0 Å². The average Bonchev–Trinajstić information content (AvgIpc) is 2.71. The van der Waals surface area contributed by atoms with Crippen molar-refractivity contribution in [1.29, 1.82) is 0 Å². The number of H-pyrrole nitrogens is 1. The van der Waals surface area contributed by atoms with Crippen molar-refractivity contribution in [3.05, 3.63) is 21.3 Å². The monoisotopic (exact) mass is 276 g/mol. The van der Waals surface area contributed by atoms with E-state index in [4.69, 9.17) is 0 Å². The molecule has 0 atom stereocenters. The summed E-state index contributed by atoms with van der Waals surface area (Å²) in [6.45, 7) is 0. The highest BCUT2D eigenvalue weighted by molar-refractivity contribution is 9.11. The first-order chi connectivity index (χ1) is 6.34. The van der Waals surface area contributed by atoms with E-state index in [1.54, 1.807) is 29.3 Å². The summed E-state index contributed by atoms with van der Waals surface area (Å²) in [5.41, 5.74) is 0. The molecule has 68 valence electrons. The zero-order valence-corrected chi connectivity index (χ0v) is 9.62. The molecule has 0 bridgehead atoms. The Bertz CT molecular complexity index is 372. The van der Waals surface area contributed by atoms with Gasteiger partial charge in [0.2, 0.25) is 0 Å². The first-order valence-corrected chi connectivity index (χ1v) is 6.02. The van der Waals surface area contributed by atoms with Gasteiger partial charge in [0.25, 0.3) is 0 Å². The number of nitrogens with zero attached hydrogens (tertiary/aromatic N) is 3. The Balaban J connectivity index is 1.93. The van der Waals surface area contributed by atoms with Gasteiger partial charge in [0.05, 0.1) is 15.7 Å². The number of nitrogens with one attached hydrogen (secondary N) is 1. The summed E-state index contributed by atoms with van der Waals surface area (Å²) >= 11 is 6.59. The van der Waals surface area contributed by atoms with E-state index in [0.29, 0.717) is 0 Å². The lowest BCUT2D eigenvalue weighted by Crippen LogP contribution is -1.79. The van der Waals surface area contributed by atoms with Crippen molar-refractivity contribution in [3.63, 3.8) is 0 Å². The van der Waals surface area contributed by atoms with Gasteiger partial charge >= 0.3 is 0 Å². The summed E-state index contributed by atoms with van der Waals surface area (Å²) in [7, 11) is 0. The largest absolute Gasteiger partial charge is 0.254 e. The first-order valence-electron chi connectivity index (χ1n) is 3.43. The van der Waals surface area contributed by atoms with Crippen LogP contribution in [0.25, 0.3) is 0 Å². The molecular weight excluding hydrogens is 272 g/mol. The van der Waals surface area contributed by atoms with E-state index < -0.39 is 0 Å². The third-order valence-electron chi connectivity index (χ3n) is 1.25. The lowest BCUT2D eigenvalue weighted by atomic mass is 10.8. The predicted molar refractivity (Wildman–Crippen MR) is 55.8 cm³/mol. The number of thiazole rings is 1. The van der Waals surface area contributed by atoms with Crippen molar-refractivity contribution >= 4 is 39.0 Å². The molecule has 0 aliphatic heterocycles. The average molecular weight is 277 g/mol. The standard InChI is InChI=1S/C6H5BrN4S2/c7-4-1-8-5(13-4)2-12-6-9-3-10-11-6/h1,3H,2H2,(H,9,10,11). The maximum Gasteiger partial charge on any atom is 0.183 e. The van der Waals surface area contributed by atoms with Gasteiger partial charge in [-0.3, -0.25) is 5.10 Å². The normalized spacial score (nSPS) is 10.5. The number of halogens is 1. The third-order valence-corrected chi connectivity index (χ3v) is 3.80. The molecule has 0 aliphatic rings. The Morgan fingerprint density at radius 2 is 2.46 bits per heavy atom. The molecule has 0 aliphatic carbocycles. The fraction of sp³-hybridized carbons (Fsp3) is 0.167. The van der Waals surface area contributed by atoms with Gasteiger partial charge in [-0.2, -0.15) is 5.10 Å². The number of thioether (sulfide) groups is 1. The Morgan fingerprint density at radius 3 is 3.08 bits per heavy atom. The Kier molecular flexibility index (Phi) is 2.97. The van der Waals surface area contributed by atoms with Crippen LogP contribution in [-0.4, -0.2) is 20.2 Å². The summed E-state index contributed by atoms with van der Waals surface area (Å²) in [4.78, 5) is 8.20. The molecule has 0 amide bonds. The summed E-state index contributed by atoms with van der Waals surface area (Å²) in [6.07, 6.45) is 3.31. The van der Waals surface area contributed by atoms with Crippen LogP contribution in [0.3, 0.4) is 0 Å². The fourth-order valence-corrected chi connectivity index (χ4v) is 2.83. The summed E-state index contributed by atoms with van der Waals surface area (Å²) < 4.78 is 1.06. The predicted octanol–water partition coefficient (Wildman–Crippen LogP) is 2.32. The van der Waals surface area contributed by atoms with Gasteiger partial charge in [-0.15, -0.1) is 11.3 Å². The van der Waals surface area contributed by atoms with E-state index in [1.807, 2.05) is 0 Å². The topological polar surface area (TPSA) is 54.5 Å². The molecule has 0 radical (unpaired) electrons. The Hall–Kier alpha value is -0.400. The SMILES string of the molecule is Brc1cnc(CSc2ncn[nH]2)s1. The first kappa shape index (κ1) is 9.17. The highest BCUT2D eigenvalue weighted by atomic mass is 79.9. The number of aromatic nitrogens is 4. The van der Waals surface area contributed by atoms with Gasteiger partial charge in [-0.25, -0.2) is 9.97 Å². The molecule has 0 aromatic carbocycles. The van der Waals surface area contributed by atoms with Crippen LogP contribution >= 0.6 is 39.0 Å². The second-order valence-corrected chi connectivity index (χ2v) is 5.60. The molecule has 2 aromatic heterocycles. The zero-order chi connectivity index (χ0) is 9.10. The molecular formula is C6H5BrN4S2. The van der Waals surface area contributed by atoms with E-state index in [2.05, 4.69) is 36.1 Å². The van der Waals surface area contributed by atoms with Gasteiger partial charge in [0.15, 0.2) is 5.16 Å². The van der Waals surface area contributed by atoms with E-state index in [0.717, 1.165) is 19.7 Å². The second kappa shape index (κ2) is 4.21.